The van der Waals surface area contributed by atoms with Gasteiger partial charge in [-0.25, -0.2) is 0 Å². The van der Waals surface area contributed by atoms with Crippen LogP contribution in [-0.4, -0.2) is 24.0 Å². The molecule has 2 aliphatic rings. The van der Waals surface area contributed by atoms with Crippen molar-refractivity contribution in [1.29, 1.82) is 0 Å². The first-order chi connectivity index (χ1) is 9.88. The zero-order valence-corrected chi connectivity index (χ0v) is 12.7. The first-order valence-electron chi connectivity index (χ1n) is 8.38. The van der Waals surface area contributed by atoms with Gasteiger partial charge in [0.15, 0.2) is 0 Å². The van der Waals surface area contributed by atoms with E-state index in [9.17, 15) is 0 Å². The third kappa shape index (κ3) is 3.09. The van der Waals surface area contributed by atoms with Gasteiger partial charge in [0.25, 0.3) is 0 Å². The molecule has 0 spiro atoms. The lowest BCUT2D eigenvalue weighted by Crippen LogP contribution is -2.46. The molecule has 1 aromatic rings. The number of hydrogen-bond acceptors (Lipinski definition) is 3. The van der Waals surface area contributed by atoms with E-state index >= 15 is 0 Å². The van der Waals surface area contributed by atoms with Gasteiger partial charge in [0.05, 0.1) is 12.8 Å². The molecule has 1 saturated heterocycles. The quantitative estimate of drug-likeness (QED) is 0.891. The number of nitrogens with zero attached hydrogens (tertiary/aromatic N) is 1. The molecule has 3 nitrogen and oxygen atoms in total. The molecule has 2 heterocycles. The Bertz CT molecular complexity index is 413. The van der Waals surface area contributed by atoms with Gasteiger partial charge in [-0.3, -0.25) is 4.90 Å². The predicted octanol–water partition coefficient (Wildman–Crippen LogP) is 3.54. The van der Waals surface area contributed by atoms with Crippen molar-refractivity contribution in [2.75, 3.05) is 13.1 Å². The largest absolute Gasteiger partial charge is 0.468 e. The molecule has 1 aromatic heterocycles. The van der Waals surface area contributed by atoms with E-state index in [-0.39, 0.29) is 0 Å². The second-order valence-corrected chi connectivity index (χ2v) is 6.37. The highest BCUT2D eigenvalue weighted by Gasteiger charge is 2.33. The Hall–Kier alpha value is -0.800. The SMILES string of the molecule is CCNCc1ccoc1CN1CCC[C@H]2CCCC[C@H]21. The summed E-state index contributed by atoms with van der Waals surface area (Å²) in [5, 5.41) is 3.41. The Kier molecular flexibility index (Phi) is 4.79. The normalized spacial score (nSPS) is 27.4. The van der Waals surface area contributed by atoms with Crippen LogP contribution in [0.15, 0.2) is 16.7 Å². The van der Waals surface area contributed by atoms with Crippen molar-refractivity contribution in [1.82, 2.24) is 10.2 Å². The molecule has 112 valence electrons. The second-order valence-electron chi connectivity index (χ2n) is 6.37. The number of furan rings is 1. The van der Waals surface area contributed by atoms with E-state index in [0.717, 1.165) is 31.6 Å². The minimum Gasteiger partial charge on any atom is -0.468 e. The summed E-state index contributed by atoms with van der Waals surface area (Å²) < 4.78 is 5.76. The van der Waals surface area contributed by atoms with Crippen LogP contribution in [0, 0.1) is 5.92 Å². The highest BCUT2D eigenvalue weighted by Crippen LogP contribution is 2.36. The minimum atomic E-state index is 0.814. The molecule has 1 aliphatic carbocycles. The van der Waals surface area contributed by atoms with E-state index < -0.39 is 0 Å². The Morgan fingerprint density at radius 2 is 2.10 bits per heavy atom. The Labute approximate surface area is 122 Å². The van der Waals surface area contributed by atoms with Gasteiger partial charge >= 0.3 is 0 Å². The van der Waals surface area contributed by atoms with Crippen molar-refractivity contribution < 1.29 is 4.42 Å². The van der Waals surface area contributed by atoms with E-state index in [1.54, 1.807) is 0 Å². The van der Waals surface area contributed by atoms with Crippen molar-refractivity contribution in [2.45, 2.75) is 64.6 Å². The van der Waals surface area contributed by atoms with E-state index in [1.165, 1.54) is 56.4 Å². The number of nitrogens with one attached hydrogen (secondary N) is 1. The number of piperidine rings is 1. The molecule has 2 fully saturated rings. The van der Waals surface area contributed by atoms with Gasteiger partial charge in [0.1, 0.15) is 5.76 Å². The van der Waals surface area contributed by atoms with E-state index in [2.05, 4.69) is 23.2 Å². The number of likely N-dealkylation sites (tertiary alicyclic amines) is 1. The summed E-state index contributed by atoms with van der Waals surface area (Å²) in [5.41, 5.74) is 1.34. The van der Waals surface area contributed by atoms with Crippen LogP contribution in [0.2, 0.25) is 0 Å². The average Bonchev–Trinajstić information content (AvgIpc) is 2.93. The van der Waals surface area contributed by atoms with Gasteiger partial charge in [-0.15, -0.1) is 0 Å². The number of fused-ring (bicyclic) bond motifs is 1. The zero-order chi connectivity index (χ0) is 13.8. The molecular formula is C17H28N2O. The summed E-state index contributed by atoms with van der Waals surface area (Å²) in [5.74, 6) is 2.13. The summed E-state index contributed by atoms with van der Waals surface area (Å²) in [6, 6.07) is 2.94. The molecule has 2 atom stereocenters. The fraction of sp³-hybridized carbons (Fsp3) is 0.765. The van der Waals surface area contributed by atoms with Gasteiger partial charge in [0.2, 0.25) is 0 Å². The zero-order valence-electron chi connectivity index (χ0n) is 12.7. The van der Waals surface area contributed by atoms with E-state index in [0.29, 0.717) is 0 Å². The number of hydrogen-bond donors (Lipinski definition) is 1. The molecule has 0 unspecified atom stereocenters. The molecule has 20 heavy (non-hydrogen) atoms. The molecule has 0 amide bonds. The molecule has 0 radical (unpaired) electrons. The standard InChI is InChI=1S/C17H28N2O/c1-2-18-12-15-9-11-20-17(15)13-19-10-5-7-14-6-3-4-8-16(14)19/h9,11,14,16,18H,2-8,10,12-13H2,1H3/t14-,16-/m1/s1. The average molecular weight is 276 g/mol. The smallest absolute Gasteiger partial charge is 0.122 e. The van der Waals surface area contributed by atoms with Gasteiger partial charge in [-0.2, -0.15) is 0 Å². The summed E-state index contributed by atoms with van der Waals surface area (Å²) >= 11 is 0. The van der Waals surface area contributed by atoms with Crippen molar-refractivity contribution in [3.63, 3.8) is 0 Å². The van der Waals surface area contributed by atoms with Crippen molar-refractivity contribution in [2.24, 2.45) is 5.92 Å². The molecule has 0 bridgehead atoms. The lowest BCUT2D eigenvalue weighted by Gasteiger charge is -2.44. The lowest BCUT2D eigenvalue weighted by molar-refractivity contribution is 0.0492. The molecular weight excluding hydrogens is 248 g/mol. The topological polar surface area (TPSA) is 28.4 Å². The fourth-order valence-corrected chi connectivity index (χ4v) is 4.03. The highest BCUT2D eigenvalue weighted by molar-refractivity contribution is 5.17. The van der Waals surface area contributed by atoms with Crippen LogP contribution in [0.3, 0.4) is 0 Å². The first-order valence-corrected chi connectivity index (χ1v) is 8.38. The van der Waals surface area contributed by atoms with E-state index in [1.807, 2.05) is 6.26 Å². The van der Waals surface area contributed by atoms with Crippen LogP contribution in [0.4, 0.5) is 0 Å². The summed E-state index contributed by atoms with van der Waals surface area (Å²) in [4.78, 5) is 2.70. The maximum absolute atomic E-state index is 5.76. The van der Waals surface area contributed by atoms with Crippen LogP contribution in [-0.2, 0) is 13.1 Å². The summed E-state index contributed by atoms with van der Waals surface area (Å²) in [6.07, 6.45) is 10.4. The van der Waals surface area contributed by atoms with Gasteiger partial charge in [-0.05, 0) is 50.8 Å². The summed E-state index contributed by atoms with van der Waals surface area (Å²) in [6.45, 7) is 6.36. The summed E-state index contributed by atoms with van der Waals surface area (Å²) in [7, 11) is 0. The molecule has 0 aromatic carbocycles. The van der Waals surface area contributed by atoms with Crippen LogP contribution in [0.25, 0.3) is 0 Å². The van der Waals surface area contributed by atoms with Crippen LogP contribution in [0.5, 0.6) is 0 Å². The van der Waals surface area contributed by atoms with E-state index in [4.69, 9.17) is 4.42 Å². The van der Waals surface area contributed by atoms with Crippen molar-refractivity contribution >= 4 is 0 Å². The minimum absolute atomic E-state index is 0.814. The maximum atomic E-state index is 5.76. The third-order valence-corrected chi connectivity index (χ3v) is 5.11. The molecule has 3 heteroatoms. The third-order valence-electron chi connectivity index (χ3n) is 5.11. The second kappa shape index (κ2) is 6.77. The van der Waals surface area contributed by atoms with Gasteiger partial charge in [0, 0.05) is 18.2 Å². The fourth-order valence-electron chi connectivity index (χ4n) is 4.03. The Morgan fingerprint density at radius 1 is 1.25 bits per heavy atom. The molecule has 1 saturated carbocycles. The molecule has 3 rings (SSSR count). The van der Waals surface area contributed by atoms with Gasteiger partial charge in [-0.1, -0.05) is 19.8 Å². The van der Waals surface area contributed by atoms with Crippen LogP contribution >= 0.6 is 0 Å². The molecule has 1 N–H and O–H groups in total. The van der Waals surface area contributed by atoms with Gasteiger partial charge < -0.3 is 9.73 Å². The Balaban J connectivity index is 1.65. The first kappa shape index (κ1) is 14.2. The number of rotatable bonds is 5. The maximum Gasteiger partial charge on any atom is 0.122 e. The van der Waals surface area contributed by atoms with Crippen molar-refractivity contribution in [3.8, 4) is 0 Å². The highest BCUT2D eigenvalue weighted by atomic mass is 16.3. The van der Waals surface area contributed by atoms with Crippen LogP contribution < -0.4 is 5.32 Å². The molecule has 1 aliphatic heterocycles. The predicted molar refractivity (Wildman–Crippen MR) is 81.5 cm³/mol. The monoisotopic (exact) mass is 276 g/mol. The Morgan fingerprint density at radius 3 is 3.00 bits per heavy atom. The van der Waals surface area contributed by atoms with Crippen LogP contribution in [0.1, 0.15) is 56.8 Å². The lowest BCUT2D eigenvalue weighted by atomic mass is 9.78. The van der Waals surface area contributed by atoms with Crippen molar-refractivity contribution in [3.05, 3.63) is 23.7 Å².